The zero-order valence-electron chi connectivity index (χ0n) is 15.9. The van der Waals surface area contributed by atoms with E-state index in [2.05, 4.69) is 19.6 Å². The molecule has 0 fully saturated rings. The fraction of sp³-hybridized carbons (Fsp3) is 0.526. The Morgan fingerprint density at radius 3 is 2.44 bits per heavy atom. The molecule has 6 heteroatoms. The van der Waals surface area contributed by atoms with Gasteiger partial charge in [-0.05, 0) is 23.7 Å². The van der Waals surface area contributed by atoms with Crippen LogP contribution < -0.4 is 9.47 Å². The number of Topliss-reactive ketones (excluding diaryl/α,β-unsaturated/α-hetero) is 1. The normalized spacial score (nSPS) is 17.7. The van der Waals surface area contributed by atoms with Gasteiger partial charge in [-0.3, -0.25) is 4.79 Å². The maximum Gasteiger partial charge on any atom is 0.193 e. The van der Waals surface area contributed by atoms with Gasteiger partial charge in [0.05, 0.1) is 13.4 Å². The fourth-order valence-corrected chi connectivity index (χ4v) is 3.63. The zero-order valence-corrected chi connectivity index (χ0v) is 16.9. The molecule has 0 spiro atoms. The first kappa shape index (κ1) is 19.5. The van der Waals surface area contributed by atoms with Gasteiger partial charge in [0.25, 0.3) is 0 Å². The molecule has 1 aromatic rings. The topological polar surface area (TPSA) is 65.0 Å². The number of ketones is 1. The number of rotatable bonds is 7. The van der Waals surface area contributed by atoms with Crippen molar-refractivity contribution in [2.45, 2.75) is 44.9 Å². The summed E-state index contributed by atoms with van der Waals surface area (Å²) in [6.45, 7) is 11.5. The van der Waals surface area contributed by atoms with E-state index in [1.807, 2.05) is 19.9 Å². The second-order valence-electron chi connectivity index (χ2n) is 8.03. The van der Waals surface area contributed by atoms with Crippen LogP contribution in [0, 0.1) is 0 Å². The van der Waals surface area contributed by atoms with E-state index in [4.69, 9.17) is 14.2 Å². The lowest BCUT2D eigenvalue weighted by Crippen LogP contribution is -2.22. The van der Waals surface area contributed by atoms with Crippen molar-refractivity contribution < 1.29 is 24.1 Å². The summed E-state index contributed by atoms with van der Waals surface area (Å²) in [5.41, 5.74) is 1.14. The summed E-state index contributed by atoms with van der Waals surface area (Å²) in [5.74, 6) is 0.837. The van der Waals surface area contributed by atoms with Crippen molar-refractivity contribution in [3.05, 3.63) is 35.1 Å². The van der Waals surface area contributed by atoms with E-state index in [-0.39, 0.29) is 12.6 Å². The van der Waals surface area contributed by atoms with Crippen LogP contribution in [0.5, 0.6) is 11.5 Å². The number of carbonyl (C=O) groups is 1. The van der Waals surface area contributed by atoms with E-state index in [1.165, 1.54) is 7.11 Å². The molecule has 0 saturated heterocycles. The summed E-state index contributed by atoms with van der Waals surface area (Å²) in [6, 6.07) is 4.56. The van der Waals surface area contributed by atoms with Gasteiger partial charge in [0, 0.05) is 31.2 Å². The highest BCUT2D eigenvalue weighted by Crippen LogP contribution is 2.46. The lowest BCUT2D eigenvalue weighted by atomic mass is 9.83. The van der Waals surface area contributed by atoms with E-state index in [0.29, 0.717) is 29.2 Å². The molecule has 0 radical (unpaired) electrons. The first-order chi connectivity index (χ1) is 11.6. The van der Waals surface area contributed by atoms with E-state index in [1.54, 1.807) is 6.07 Å². The van der Waals surface area contributed by atoms with Gasteiger partial charge >= 0.3 is 0 Å². The second-order valence-corrected chi connectivity index (χ2v) is 13.6. The number of aliphatic hydroxyl groups excluding tert-OH is 1. The predicted octanol–water partition coefficient (Wildman–Crippen LogP) is 4.30. The van der Waals surface area contributed by atoms with Gasteiger partial charge in [-0.2, -0.15) is 0 Å². The van der Waals surface area contributed by atoms with Crippen LogP contribution >= 0.6 is 0 Å². The molecular formula is C19H28O5Si. The molecule has 0 aromatic heterocycles. The standard InChI is InChI=1S/C19H28O5Si/c1-19(2)14-10-17(24-12-23-7-8-25(4,5)6)16(22-3)9-13(14)18(21)15(19)11-20/h9-11,20H,7-8,12H2,1-6H3. The zero-order chi connectivity index (χ0) is 18.8. The van der Waals surface area contributed by atoms with Gasteiger partial charge in [-0.1, -0.05) is 33.5 Å². The Labute approximate surface area is 150 Å². The van der Waals surface area contributed by atoms with E-state index < -0.39 is 13.5 Å². The summed E-state index contributed by atoms with van der Waals surface area (Å²) in [4.78, 5) is 12.5. The van der Waals surface area contributed by atoms with Crippen molar-refractivity contribution in [3.63, 3.8) is 0 Å². The van der Waals surface area contributed by atoms with E-state index >= 15 is 0 Å². The number of hydrogen-bond donors (Lipinski definition) is 1. The number of aliphatic hydroxyl groups is 1. The van der Waals surface area contributed by atoms with Crippen molar-refractivity contribution in [1.29, 1.82) is 0 Å². The summed E-state index contributed by atoms with van der Waals surface area (Å²) in [6.07, 6.45) is 0.898. The molecule has 0 atom stereocenters. The molecule has 1 aliphatic carbocycles. The first-order valence-electron chi connectivity index (χ1n) is 8.44. The minimum atomic E-state index is -1.13. The number of ether oxygens (including phenoxy) is 3. The van der Waals surface area contributed by atoms with E-state index in [9.17, 15) is 9.90 Å². The molecule has 25 heavy (non-hydrogen) atoms. The number of methoxy groups -OCH3 is 1. The Hall–Kier alpha value is -1.79. The third kappa shape index (κ3) is 4.07. The molecule has 1 aromatic carbocycles. The van der Waals surface area contributed by atoms with Crippen molar-refractivity contribution in [2.24, 2.45) is 0 Å². The number of benzene rings is 1. The molecule has 1 N–H and O–H groups in total. The minimum absolute atomic E-state index is 0.136. The number of carbonyl (C=O) groups excluding carboxylic acids is 1. The Kier molecular flexibility index (Phi) is 5.64. The lowest BCUT2D eigenvalue weighted by molar-refractivity contribution is 0.0205. The highest BCUT2D eigenvalue weighted by Gasteiger charge is 2.42. The monoisotopic (exact) mass is 364 g/mol. The summed E-state index contributed by atoms with van der Waals surface area (Å²) >= 11 is 0. The molecule has 0 amide bonds. The van der Waals surface area contributed by atoms with Gasteiger partial charge in [-0.25, -0.2) is 0 Å². The summed E-state index contributed by atoms with van der Waals surface area (Å²) in [7, 11) is 0.406. The highest BCUT2D eigenvalue weighted by molar-refractivity contribution is 6.76. The van der Waals surface area contributed by atoms with Crippen molar-refractivity contribution in [1.82, 2.24) is 0 Å². The molecule has 0 aliphatic heterocycles. The maximum absolute atomic E-state index is 12.5. The molecule has 0 heterocycles. The third-order valence-electron chi connectivity index (χ3n) is 4.56. The molecule has 0 unspecified atom stereocenters. The van der Waals surface area contributed by atoms with Crippen molar-refractivity contribution in [2.75, 3.05) is 20.5 Å². The summed E-state index contributed by atoms with van der Waals surface area (Å²) < 4.78 is 16.7. The van der Waals surface area contributed by atoms with Crippen molar-refractivity contribution in [3.8, 4) is 11.5 Å². The Bertz CT molecular complexity index is 686. The van der Waals surface area contributed by atoms with Crippen LogP contribution in [-0.4, -0.2) is 39.5 Å². The molecule has 138 valence electrons. The Morgan fingerprint density at radius 1 is 1.20 bits per heavy atom. The fourth-order valence-electron chi connectivity index (χ4n) is 2.87. The number of allylic oxidation sites excluding steroid dienone is 1. The Morgan fingerprint density at radius 2 is 1.88 bits per heavy atom. The average molecular weight is 365 g/mol. The largest absolute Gasteiger partial charge is 0.515 e. The van der Waals surface area contributed by atoms with Gasteiger partial charge in [0.1, 0.15) is 0 Å². The van der Waals surface area contributed by atoms with Crippen LogP contribution in [0.15, 0.2) is 24.0 Å². The smallest absolute Gasteiger partial charge is 0.193 e. The van der Waals surface area contributed by atoms with Gasteiger partial charge in [0.15, 0.2) is 24.1 Å². The van der Waals surface area contributed by atoms with Crippen LogP contribution in [0.2, 0.25) is 25.7 Å². The van der Waals surface area contributed by atoms with Gasteiger partial charge in [0.2, 0.25) is 0 Å². The lowest BCUT2D eigenvalue weighted by Gasteiger charge is -2.21. The minimum Gasteiger partial charge on any atom is -0.515 e. The predicted molar refractivity (Wildman–Crippen MR) is 101 cm³/mol. The van der Waals surface area contributed by atoms with Crippen LogP contribution in [-0.2, 0) is 10.2 Å². The molecular weight excluding hydrogens is 336 g/mol. The first-order valence-corrected chi connectivity index (χ1v) is 12.1. The van der Waals surface area contributed by atoms with Crippen molar-refractivity contribution >= 4 is 13.9 Å². The van der Waals surface area contributed by atoms with Gasteiger partial charge in [-0.15, -0.1) is 0 Å². The molecule has 5 nitrogen and oxygen atoms in total. The second kappa shape index (κ2) is 7.21. The molecule has 0 bridgehead atoms. The average Bonchev–Trinajstić information content (AvgIpc) is 2.71. The molecule has 0 saturated carbocycles. The Balaban J connectivity index is 2.17. The number of hydrogen-bond acceptors (Lipinski definition) is 5. The van der Waals surface area contributed by atoms with Gasteiger partial charge < -0.3 is 19.3 Å². The van der Waals surface area contributed by atoms with Crippen LogP contribution in [0.4, 0.5) is 0 Å². The quantitative estimate of drug-likeness (QED) is 0.257. The molecule has 1 aliphatic rings. The van der Waals surface area contributed by atoms with E-state index in [0.717, 1.165) is 17.9 Å². The summed E-state index contributed by atoms with van der Waals surface area (Å²) in [5, 5.41) is 9.44. The van der Waals surface area contributed by atoms with Crippen LogP contribution in [0.25, 0.3) is 0 Å². The van der Waals surface area contributed by atoms with Crippen LogP contribution in [0.1, 0.15) is 29.8 Å². The molecule has 2 rings (SSSR count). The third-order valence-corrected chi connectivity index (χ3v) is 6.27. The SMILES string of the molecule is COc1cc2c(cc1OCOCC[Si](C)(C)C)C(C)(C)C(=CO)C2=O. The number of fused-ring (bicyclic) bond motifs is 1. The van der Waals surface area contributed by atoms with Crippen LogP contribution in [0.3, 0.4) is 0 Å². The maximum atomic E-state index is 12.5. The highest BCUT2D eigenvalue weighted by atomic mass is 28.3.